The smallest absolute Gasteiger partial charge is 0.396 e. The summed E-state index contributed by atoms with van der Waals surface area (Å²) >= 11 is 1.16. The average Bonchev–Trinajstić information content (AvgIpc) is 2.87. The van der Waals surface area contributed by atoms with Gasteiger partial charge in [-0.25, -0.2) is 9.18 Å². The first-order valence-electron chi connectivity index (χ1n) is 5.57. The molecule has 0 radical (unpaired) electrons. The fraction of sp³-hybridized carbons (Fsp3) is 0.250. The Labute approximate surface area is 113 Å². The van der Waals surface area contributed by atoms with Crippen molar-refractivity contribution in [3.63, 3.8) is 0 Å². The number of rotatable bonds is 5. The number of aromatic nitrogens is 2. The van der Waals surface area contributed by atoms with Crippen molar-refractivity contribution in [2.45, 2.75) is 17.9 Å². The molecule has 19 heavy (non-hydrogen) atoms. The Morgan fingerprint density at radius 2 is 2.21 bits per heavy atom. The van der Waals surface area contributed by atoms with Gasteiger partial charge < -0.3 is 9.15 Å². The molecule has 0 saturated carbocycles. The number of thioether (sulfide) groups is 1. The van der Waals surface area contributed by atoms with Crippen molar-refractivity contribution in [3.05, 3.63) is 41.5 Å². The summed E-state index contributed by atoms with van der Waals surface area (Å²) in [6, 6.07) is 6.42. The number of esters is 1. The largest absolute Gasteiger partial charge is 0.459 e. The number of hydrogen-bond donors (Lipinski definition) is 0. The Hall–Kier alpha value is -1.89. The van der Waals surface area contributed by atoms with Gasteiger partial charge in [0.05, 0.1) is 6.61 Å². The van der Waals surface area contributed by atoms with Crippen LogP contribution in [-0.2, 0) is 10.5 Å². The molecule has 5 nitrogen and oxygen atoms in total. The minimum Gasteiger partial charge on any atom is -0.459 e. The molecule has 0 unspecified atom stereocenters. The third kappa shape index (κ3) is 3.54. The summed E-state index contributed by atoms with van der Waals surface area (Å²) in [6.45, 7) is 1.92. The van der Waals surface area contributed by atoms with Crippen LogP contribution in [0.1, 0.15) is 23.2 Å². The van der Waals surface area contributed by atoms with Gasteiger partial charge in [-0.3, -0.25) is 0 Å². The average molecular weight is 282 g/mol. The van der Waals surface area contributed by atoms with Gasteiger partial charge in [-0.05, 0) is 18.6 Å². The third-order valence-electron chi connectivity index (χ3n) is 2.17. The number of halogens is 1. The number of benzene rings is 1. The standard InChI is InChI=1S/C12H11FN2O3S/c1-2-17-11(16)10-14-15-12(18-10)19-7-8-5-3-4-6-9(8)13/h3-6H,2,7H2,1H3. The Morgan fingerprint density at radius 3 is 2.95 bits per heavy atom. The molecule has 0 fully saturated rings. The van der Waals surface area contributed by atoms with E-state index in [2.05, 4.69) is 10.2 Å². The highest BCUT2D eigenvalue weighted by Gasteiger charge is 2.16. The SMILES string of the molecule is CCOC(=O)c1nnc(SCc2ccccc2F)o1. The molecule has 0 amide bonds. The van der Waals surface area contributed by atoms with Crippen LogP contribution in [0.4, 0.5) is 4.39 Å². The highest BCUT2D eigenvalue weighted by atomic mass is 32.2. The van der Waals surface area contributed by atoms with Crippen LogP contribution in [0.3, 0.4) is 0 Å². The number of hydrogen-bond acceptors (Lipinski definition) is 6. The second-order valence-corrected chi connectivity index (χ2v) is 4.40. The molecule has 100 valence electrons. The van der Waals surface area contributed by atoms with Gasteiger partial charge in [-0.1, -0.05) is 35.1 Å². The van der Waals surface area contributed by atoms with E-state index in [1.54, 1.807) is 25.1 Å². The second kappa shape index (κ2) is 6.33. The quantitative estimate of drug-likeness (QED) is 0.620. The van der Waals surface area contributed by atoms with Crippen molar-refractivity contribution in [3.8, 4) is 0 Å². The third-order valence-corrected chi connectivity index (χ3v) is 3.03. The van der Waals surface area contributed by atoms with Gasteiger partial charge >= 0.3 is 11.9 Å². The lowest BCUT2D eigenvalue weighted by molar-refractivity contribution is 0.0475. The number of carbonyl (C=O) groups excluding carboxylic acids is 1. The first-order chi connectivity index (χ1) is 9.20. The highest BCUT2D eigenvalue weighted by molar-refractivity contribution is 7.98. The maximum absolute atomic E-state index is 13.4. The van der Waals surface area contributed by atoms with Crippen LogP contribution in [0, 0.1) is 5.82 Å². The molecule has 0 saturated heterocycles. The molecule has 0 bridgehead atoms. The molecule has 0 aliphatic heterocycles. The van der Waals surface area contributed by atoms with Crippen LogP contribution < -0.4 is 0 Å². The van der Waals surface area contributed by atoms with Gasteiger partial charge in [0.15, 0.2) is 0 Å². The van der Waals surface area contributed by atoms with E-state index in [4.69, 9.17) is 9.15 Å². The van der Waals surface area contributed by atoms with E-state index in [1.807, 2.05) is 0 Å². The number of ether oxygens (including phenoxy) is 1. The Morgan fingerprint density at radius 1 is 1.42 bits per heavy atom. The Bertz CT molecular complexity index is 574. The monoisotopic (exact) mass is 282 g/mol. The summed E-state index contributed by atoms with van der Waals surface area (Å²) < 4.78 is 23.2. The van der Waals surface area contributed by atoms with Crippen molar-refractivity contribution in [1.29, 1.82) is 0 Å². The fourth-order valence-electron chi connectivity index (χ4n) is 1.30. The molecule has 0 aliphatic carbocycles. The van der Waals surface area contributed by atoms with Crippen molar-refractivity contribution < 1.29 is 18.3 Å². The van der Waals surface area contributed by atoms with Gasteiger partial charge in [0.1, 0.15) is 5.82 Å². The summed E-state index contributed by atoms with van der Waals surface area (Å²) in [7, 11) is 0. The zero-order valence-electron chi connectivity index (χ0n) is 10.1. The van der Waals surface area contributed by atoms with Gasteiger partial charge in [-0.15, -0.1) is 5.10 Å². The Kier molecular flexibility index (Phi) is 4.51. The summed E-state index contributed by atoms with van der Waals surface area (Å²) in [5.41, 5.74) is 0.531. The molecule has 0 aliphatic rings. The summed E-state index contributed by atoms with van der Waals surface area (Å²) in [5.74, 6) is -0.803. The van der Waals surface area contributed by atoms with Gasteiger partial charge in [-0.2, -0.15) is 0 Å². The van der Waals surface area contributed by atoms with Gasteiger partial charge in [0.2, 0.25) is 0 Å². The topological polar surface area (TPSA) is 65.2 Å². The lowest BCUT2D eigenvalue weighted by atomic mass is 10.2. The Balaban J connectivity index is 1.97. The van der Waals surface area contributed by atoms with Crippen molar-refractivity contribution in [2.75, 3.05) is 6.61 Å². The first kappa shape index (κ1) is 13.5. The zero-order valence-corrected chi connectivity index (χ0v) is 10.9. The molecule has 2 aromatic rings. The van der Waals surface area contributed by atoms with E-state index in [9.17, 15) is 9.18 Å². The van der Waals surface area contributed by atoms with Crippen LogP contribution >= 0.6 is 11.8 Å². The molecular weight excluding hydrogens is 271 g/mol. The molecule has 0 spiro atoms. The predicted molar refractivity (Wildman–Crippen MR) is 66.2 cm³/mol. The second-order valence-electron chi connectivity index (χ2n) is 3.47. The summed E-state index contributed by atoms with van der Waals surface area (Å²) in [5, 5.41) is 7.45. The van der Waals surface area contributed by atoms with E-state index in [1.165, 1.54) is 6.07 Å². The van der Waals surface area contributed by atoms with Gasteiger partial charge in [0, 0.05) is 5.75 Å². The zero-order chi connectivity index (χ0) is 13.7. The molecule has 7 heteroatoms. The van der Waals surface area contributed by atoms with Crippen molar-refractivity contribution in [2.24, 2.45) is 0 Å². The lowest BCUT2D eigenvalue weighted by Crippen LogP contribution is -2.04. The molecule has 0 atom stereocenters. The molecule has 2 rings (SSSR count). The summed E-state index contributed by atoms with van der Waals surface area (Å²) in [6.07, 6.45) is 0. The van der Waals surface area contributed by atoms with Crippen LogP contribution in [0.2, 0.25) is 0 Å². The lowest BCUT2D eigenvalue weighted by Gasteiger charge is -1.99. The van der Waals surface area contributed by atoms with Crippen LogP contribution in [-0.4, -0.2) is 22.8 Å². The fourth-order valence-corrected chi connectivity index (χ4v) is 2.05. The maximum atomic E-state index is 13.4. The van der Waals surface area contributed by atoms with E-state index >= 15 is 0 Å². The molecule has 0 N–H and O–H groups in total. The minimum atomic E-state index is -0.659. The maximum Gasteiger partial charge on any atom is 0.396 e. The van der Waals surface area contributed by atoms with E-state index < -0.39 is 5.97 Å². The normalized spacial score (nSPS) is 10.4. The molecular formula is C12H11FN2O3S. The predicted octanol–water partition coefficient (Wildman–Crippen LogP) is 2.68. The summed E-state index contributed by atoms with van der Waals surface area (Å²) in [4.78, 5) is 11.3. The highest BCUT2D eigenvalue weighted by Crippen LogP contribution is 2.22. The van der Waals surface area contributed by atoms with Gasteiger partial charge in [0.25, 0.3) is 5.22 Å². The van der Waals surface area contributed by atoms with Crippen LogP contribution in [0.25, 0.3) is 0 Å². The number of nitrogens with zero attached hydrogens (tertiary/aromatic N) is 2. The van der Waals surface area contributed by atoms with Crippen LogP contribution in [0.15, 0.2) is 33.9 Å². The van der Waals surface area contributed by atoms with Crippen LogP contribution in [0.5, 0.6) is 0 Å². The minimum absolute atomic E-state index is 0.196. The van der Waals surface area contributed by atoms with Crippen molar-refractivity contribution in [1.82, 2.24) is 10.2 Å². The first-order valence-corrected chi connectivity index (χ1v) is 6.56. The number of carbonyl (C=O) groups is 1. The van der Waals surface area contributed by atoms with Crippen molar-refractivity contribution >= 4 is 17.7 Å². The molecule has 1 aromatic heterocycles. The van der Waals surface area contributed by atoms with E-state index in [0.717, 1.165) is 11.8 Å². The molecule has 1 heterocycles. The van der Waals surface area contributed by atoms with E-state index in [-0.39, 0.29) is 23.5 Å². The molecule has 1 aromatic carbocycles. The van der Waals surface area contributed by atoms with E-state index in [0.29, 0.717) is 11.3 Å².